The van der Waals surface area contributed by atoms with Crippen LogP contribution in [0, 0.1) is 0 Å². The predicted octanol–water partition coefficient (Wildman–Crippen LogP) is -1.32. The molecule has 0 rings (SSSR count). The lowest BCUT2D eigenvalue weighted by Gasteiger charge is -2.12. The maximum atomic E-state index is 11.2. The van der Waals surface area contributed by atoms with E-state index < -0.39 is 29.9 Å². The van der Waals surface area contributed by atoms with E-state index in [-0.39, 0.29) is 18.6 Å². The number of nitrogens with two attached hydrogens (primary N) is 1. The van der Waals surface area contributed by atoms with Gasteiger partial charge in [-0.15, -0.1) is 0 Å². The van der Waals surface area contributed by atoms with Gasteiger partial charge in [-0.25, -0.2) is 4.79 Å². The largest absolute Gasteiger partial charge is 0.480 e. The molecule has 0 heterocycles. The maximum Gasteiger partial charge on any atom is 0.327 e. The van der Waals surface area contributed by atoms with Gasteiger partial charge in [0.25, 0.3) is 0 Å². The second-order valence-electron chi connectivity index (χ2n) is 3.12. The van der Waals surface area contributed by atoms with Crippen LogP contribution in [0.15, 0.2) is 0 Å². The Hall–Kier alpha value is -1.28. The highest BCUT2D eigenvalue weighted by atomic mass is 32.1. The van der Waals surface area contributed by atoms with E-state index in [9.17, 15) is 14.4 Å². The Morgan fingerprint density at radius 1 is 1.25 bits per heavy atom. The third-order valence-electron chi connectivity index (χ3n) is 1.82. The van der Waals surface area contributed by atoms with Gasteiger partial charge >= 0.3 is 11.9 Å². The number of carboxylic acids is 2. The highest BCUT2D eigenvalue weighted by Crippen LogP contribution is 1.97. The summed E-state index contributed by atoms with van der Waals surface area (Å²) < 4.78 is 0. The van der Waals surface area contributed by atoms with Crippen LogP contribution in [-0.4, -0.2) is 45.9 Å². The lowest BCUT2D eigenvalue weighted by Crippen LogP contribution is -2.42. The first kappa shape index (κ1) is 14.7. The van der Waals surface area contributed by atoms with Gasteiger partial charge < -0.3 is 21.3 Å². The van der Waals surface area contributed by atoms with Gasteiger partial charge in [0.2, 0.25) is 5.91 Å². The first-order chi connectivity index (χ1) is 7.38. The van der Waals surface area contributed by atoms with E-state index in [0.717, 1.165) is 0 Å². The van der Waals surface area contributed by atoms with Crippen molar-refractivity contribution >= 4 is 30.5 Å². The molecule has 0 radical (unpaired) electrons. The van der Waals surface area contributed by atoms with Crippen LogP contribution in [-0.2, 0) is 14.4 Å². The summed E-state index contributed by atoms with van der Waals surface area (Å²) in [5.74, 6) is -2.98. The fourth-order valence-electron chi connectivity index (χ4n) is 0.862. The summed E-state index contributed by atoms with van der Waals surface area (Å²) in [5, 5.41) is 19.3. The number of carbonyl (C=O) groups excluding carboxylic acids is 1. The summed E-state index contributed by atoms with van der Waals surface area (Å²) in [7, 11) is 0. The van der Waals surface area contributed by atoms with Crippen LogP contribution in [0.25, 0.3) is 0 Å². The Morgan fingerprint density at radius 2 is 1.81 bits per heavy atom. The minimum atomic E-state index is -1.20. The third kappa shape index (κ3) is 5.56. The van der Waals surface area contributed by atoms with Crippen LogP contribution in [0.5, 0.6) is 0 Å². The van der Waals surface area contributed by atoms with Crippen molar-refractivity contribution in [1.29, 1.82) is 0 Å². The van der Waals surface area contributed by atoms with Crippen LogP contribution < -0.4 is 11.1 Å². The molecule has 0 spiro atoms. The van der Waals surface area contributed by atoms with Gasteiger partial charge in [-0.05, 0) is 6.42 Å². The first-order valence-corrected chi connectivity index (χ1v) is 5.13. The van der Waals surface area contributed by atoms with Crippen LogP contribution in [0.4, 0.5) is 0 Å². The number of nitrogens with one attached hydrogen (secondary N) is 1. The standard InChI is InChI=1S/C8H14N2O5S/c9-4(7(12)13)1-2-6(11)10-5(3-16)8(14)15/h4-5,16H,1-3,9H2,(H,10,11)(H,12,13)(H,14,15)/t4-,5+/m0/s1. The normalized spacial score (nSPS) is 13.9. The molecule has 0 aliphatic rings. The smallest absolute Gasteiger partial charge is 0.327 e. The molecule has 0 aromatic rings. The van der Waals surface area contributed by atoms with Crippen molar-refractivity contribution in [1.82, 2.24) is 5.32 Å². The Balaban J connectivity index is 3.99. The molecule has 8 heteroatoms. The molecular weight excluding hydrogens is 236 g/mol. The molecule has 0 fully saturated rings. The molecule has 92 valence electrons. The van der Waals surface area contributed by atoms with E-state index in [0.29, 0.717) is 0 Å². The molecule has 0 saturated heterocycles. The minimum Gasteiger partial charge on any atom is -0.480 e. The Morgan fingerprint density at radius 3 is 2.19 bits per heavy atom. The third-order valence-corrected chi connectivity index (χ3v) is 2.18. The topological polar surface area (TPSA) is 130 Å². The van der Waals surface area contributed by atoms with Crippen molar-refractivity contribution in [3.05, 3.63) is 0 Å². The van der Waals surface area contributed by atoms with E-state index in [1.807, 2.05) is 0 Å². The lowest BCUT2D eigenvalue weighted by molar-refractivity contribution is -0.141. The van der Waals surface area contributed by atoms with Gasteiger partial charge in [0.15, 0.2) is 0 Å². The fourth-order valence-corrected chi connectivity index (χ4v) is 1.11. The average Bonchev–Trinajstić information content (AvgIpc) is 2.21. The monoisotopic (exact) mass is 250 g/mol. The zero-order valence-electron chi connectivity index (χ0n) is 8.42. The number of aliphatic carboxylic acids is 2. The molecule has 0 bridgehead atoms. The van der Waals surface area contributed by atoms with Gasteiger partial charge in [0.05, 0.1) is 0 Å². The van der Waals surface area contributed by atoms with Crippen LogP contribution in [0.2, 0.25) is 0 Å². The number of rotatable bonds is 7. The van der Waals surface area contributed by atoms with E-state index in [4.69, 9.17) is 15.9 Å². The van der Waals surface area contributed by atoms with Crippen molar-refractivity contribution < 1.29 is 24.6 Å². The summed E-state index contributed by atoms with van der Waals surface area (Å²) in [6.45, 7) is 0. The molecule has 16 heavy (non-hydrogen) atoms. The zero-order valence-corrected chi connectivity index (χ0v) is 9.31. The lowest BCUT2D eigenvalue weighted by atomic mass is 10.1. The van der Waals surface area contributed by atoms with E-state index in [2.05, 4.69) is 17.9 Å². The number of thiol groups is 1. The van der Waals surface area contributed by atoms with Crippen LogP contribution >= 0.6 is 12.6 Å². The van der Waals surface area contributed by atoms with Gasteiger partial charge in [0, 0.05) is 12.2 Å². The fraction of sp³-hybridized carbons (Fsp3) is 0.625. The molecule has 1 amide bonds. The van der Waals surface area contributed by atoms with Crippen LogP contribution in [0.3, 0.4) is 0 Å². The molecule has 0 saturated carbocycles. The van der Waals surface area contributed by atoms with E-state index >= 15 is 0 Å². The zero-order chi connectivity index (χ0) is 12.7. The molecule has 0 aromatic heterocycles. The molecular formula is C8H14N2O5S. The number of carbonyl (C=O) groups is 3. The highest BCUT2D eigenvalue weighted by molar-refractivity contribution is 7.80. The van der Waals surface area contributed by atoms with Crippen molar-refractivity contribution in [3.63, 3.8) is 0 Å². The number of hydrogen-bond donors (Lipinski definition) is 5. The molecule has 5 N–H and O–H groups in total. The number of carboxylic acid groups (broad SMARTS) is 2. The second kappa shape index (κ2) is 7.07. The molecule has 0 aliphatic carbocycles. The Kier molecular flexibility index (Phi) is 6.50. The second-order valence-corrected chi connectivity index (χ2v) is 3.49. The van der Waals surface area contributed by atoms with Crippen molar-refractivity contribution in [2.24, 2.45) is 5.73 Å². The maximum absolute atomic E-state index is 11.2. The molecule has 0 aliphatic heterocycles. The van der Waals surface area contributed by atoms with E-state index in [1.54, 1.807) is 0 Å². The number of hydrogen-bond acceptors (Lipinski definition) is 5. The average molecular weight is 250 g/mol. The first-order valence-electron chi connectivity index (χ1n) is 4.50. The Bertz CT molecular complexity index is 284. The van der Waals surface area contributed by atoms with Gasteiger partial charge in [-0.1, -0.05) is 0 Å². The summed E-state index contributed by atoms with van der Waals surface area (Å²) in [6.07, 6.45) is -0.175. The van der Waals surface area contributed by atoms with Crippen molar-refractivity contribution in [3.8, 4) is 0 Å². The highest BCUT2D eigenvalue weighted by Gasteiger charge is 2.19. The summed E-state index contributed by atoms with van der Waals surface area (Å²) in [4.78, 5) is 32.1. The van der Waals surface area contributed by atoms with Gasteiger partial charge in [-0.3, -0.25) is 9.59 Å². The van der Waals surface area contributed by atoms with Crippen LogP contribution in [0.1, 0.15) is 12.8 Å². The molecule has 0 aromatic carbocycles. The van der Waals surface area contributed by atoms with Gasteiger partial charge in [0.1, 0.15) is 12.1 Å². The SMILES string of the molecule is N[C@@H](CCC(=O)N[C@H](CS)C(=O)O)C(=O)O. The van der Waals surface area contributed by atoms with Crippen molar-refractivity contribution in [2.45, 2.75) is 24.9 Å². The Labute approximate surface area is 97.4 Å². The van der Waals surface area contributed by atoms with Crippen molar-refractivity contribution in [2.75, 3.05) is 5.75 Å². The summed E-state index contributed by atoms with van der Waals surface area (Å²) >= 11 is 3.76. The van der Waals surface area contributed by atoms with E-state index in [1.165, 1.54) is 0 Å². The van der Waals surface area contributed by atoms with Gasteiger partial charge in [-0.2, -0.15) is 12.6 Å². The predicted molar refractivity (Wildman–Crippen MR) is 58.3 cm³/mol. The minimum absolute atomic E-state index is 0.0357. The summed E-state index contributed by atoms with van der Waals surface area (Å²) in [5.41, 5.74) is 5.18. The summed E-state index contributed by atoms with van der Waals surface area (Å²) in [6, 6.07) is -2.19. The quantitative estimate of drug-likeness (QED) is 0.356. The number of amides is 1. The molecule has 7 nitrogen and oxygen atoms in total. The molecule has 0 unspecified atom stereocenters. The molecule has 2 atom stereocenters.